The van der Waals surface area contributed by atoms with Crippen molar-refractivity contribution in [1.29, 1.82) is 0 Å². The third kappa shape index (κ3) is 2.91. The van der Waals surface area contributed by atoms with Crippen molar-refractivity contribution in [3.05, 3.63) is 65.5 Å². The second-order valence-corrected chi connectivity index (χ2v) is 8.53. The van der Waals surface area contributed by atoms with Crippen molar-refractivity contribution in [3.63, 3.8) is 0 Å². The highest BCUT2D eigenvalue weighted by Gasteiger charge is 2.74. The topological polar surface area (TPSA) is 86.5 Å². The first-order valence-electron chi connectivity index (χ1n) is 8.25. The number of hydrogen-bond donors (Lipinski definition) is 1. The number of sulfone groups is 1. The van der Waals surface area contributed by atoms with Crippen molar-refractivity contribution < 1.29 is 22.3 Å². The molecule has 3 unspecified atom stereocenters. The van der Waals surface area contributed by atoms with Crippen molar-refractivity contribution >= 4 is 15.8 Å². The molecule has 7 heteroatoms. The molecular weight excluding hydrogens is 357 g/mol. The Bertz CT molecular complexity index is 942. The zero-order chi connectivity index (χ0) is 19.1. The van der Waals surface area contributed by atoms with E-state index in [9.17, 15) is 17.6 Å². The lowest BCUT2D eigenvalue weighted by molar-refractivity contribution is -0.145. The summed E-state index contributed by atoms with van der Waals surface area (Å²) in [6, 6.07) is 11.8. The first-order chi connectivity index (χ1) is 12.2. The van der Waals surface area contributed by atoms with Crippen molar-refractivity contribution in [2.45, 2.75) is 35.4 Å². The zero-order valence-electron chi connectivity index (χ0n) is 14.5. The molecule has 2 N–H and O–H groups in total. The van der Waals surface area contributed by atoms with Gasteiger partial charge in [0.25, 0.3) is 0 Å². The van der Waals surface area contributed by atoms with Crippen LogP contribution in [-0.4, -0.2) is 31.8 Å². The van der Waals surface area contributed by atoms with Crippen LogP contribution in [0.5, 0.6) is 0 Å². The second kappa shape index (κ2) is 6.48. The van der Waals surface area contributed by atoms with Gasteiger partial charge in [-0.05, 0) is 43.7 Å². The van der Waals surface area contributed by atoms with Crippen LogP contribution < -0.4 is 5.73 Å². The lowest BCUT2D eigenvalue weighted by Crippen LogP contribution is -2.41. The van der Waals surface area contributed by atoms with E-state index in [1.165, 1.54) is 30.3 Å². The minimum atomic E-state index is -3.91. The second-order valence-electron chi connectivity index (χ2n) is 6.46. The molecule has 5 nitrogen and oxygen atoms in total. The van der Waals surface area contributed by atoms with Crippen LogP contribution in [-0.2, 0) is 19.4 Å². The molecule has 1 saturated carbocycles. The summed E-state index contributed by atoms with van der Waals surface area (Å²) < 4.78 is 44.9. The summed E-state index contributed by atoms with van der Waals surface area (Å²) in [6.07, 6.45) is 0. The van der Waals surface area contributed by atoms with E-state index >= 15 is 0 Å². The molecule has 0 saturated heterocycles. The average Bonchev–Trinajstić information content (AvgIpc) is 3.24. The number of esters is 1. The van der Waals surface area contributed by atoms with Crippen LogP contribution in [0.1, 0.15) is 24.0 Å². The van der Waals surface area contributed by atoms with Crippen molar-refractivity contribution in [3.8, 4) is 0 Å². The molecule has 3 atom stereocenters. The summed E-state index contributed by atoms with van der Waals surface area (Å²) in [7, 11) is -3.91. The Morgan fingerprint density at radius 1 is 1.23 bits per heavy atom. The molecule has 1 fully saturated rings. The first-order valence-corrected chi connectivity index (χ1v) is 9.79. The van der Waals surface area contributed by atoms with Gasteiger partial charge in [-0.25, -0.2) is 17.6 Å². The molecule has 1 aliphatic carbocycles. The van der Waals surface area contributed by atoms with Crippen LogP contribution in [0.3, 0.4) is 0 Å². The Morgan fingerprint density at radius 2 is 1.88 bits per heavy atom. The third-order valence-corrected chi connectivity index (χ3v) is 6.96. The minimum Gasteiger partial charge on any atom is -0.465 e. The normalized spacial score (nSPS) is 24.9. The van der Waals surface area contributed by atoms with E-state index in [0.29, 0.717) is 5.56 Å². The van der Waals surface area contributed by atoms with Gasteiger partial charge in [0.2, 0.25) is 0 Å². The molecule has 1 aliphatic rings. The number of halogens is 1. The van der Waals surface area contributed by atoms with Gasteiger partial charge in [0.05, 0.1) is 11.5 Å². The van der Waals surface area contributed by atoms with E-state index in [1.54, 1.807) is 25.1 Å². The van der Waals surface area contributed by atoms with Gasteiger partial charge < -0.3 is 10.5 Å². The maximum Gasteiger partial charge on any atom is 0.328 e. The molecule has 0 amide bonds. The fourth-order valence-corrected chi connectivity index (χ4v) is 5.56. The zero-order valence-corrected chi connectivity index (χ0v) is 15.3. The Balaban J connectivity index is 2.07. The number of rotatable bonds is 5. The van der Waals surface area contributed by atoms with Gasteiger partial charge >= 0.3 is 5.97 Å². The standard InChI is InChI=1S/C19H20FNO4S/c1-3-25-18(22)19(21)16(13-5-4-6-14(20)11-13)17(19)26(23,24)15-9-7-12(2)8-10-15/h4-11,16-17H,3,21H2,1-2H3. The van der Waals surface area contributed by atoms with Crippen molar-refractivity contribution in [2.75, 3.05) is 6.61 Å². The van der Waals surface area contributed by atoms with E-state index < -0.39 is 38.3 Å². The van der Waals surface area contributed by atoms with Gasteiger partial charge in [-0.1, -0.05) is 29.8 Å². The van der Waals surface area contributed by atoms with Gasteiger partial charge in [-0.15, -0.1) is 0 Å². The molecule has 0 bridgehead atoms. The quantitative estimate of drug-likeness (QED) is 0.808. The number of carbonyl (C=O) groups excluding carboxylic acids is 1. The summed E-state index contributed by atoms with van der Waals surface area (Å²) in [4.78, 5) is 12.5. The number of ether oxygens (including phenoxy) is 1. The predicted octanol–water partition coefficient (Wildman–Crippen LogP) is 2.33. The molecule has 0 aliphatic heterocycles. The van der Waals surface area contributed by atoms with Crippen LogP contribution in [0.15, 0.2) is 53.4 Å². The SMILES string of the molecule is CCOC(=O)C1(N)C(c2cccc(F)c2)C1S(=O)(=O)c1ccc(C)cc1. The number of hydrogen-bond acceptors (Lipinski definition) is 5. The molecule has 0 spiro atoms. The van der Waals surface area contributed by atoms with Gasteiger partial charge in [0.15, 0.2) is 9.84 Å². The lowest BCUT2D eigenvalue weighted by Gasteiger charge is -2.11. The summed E-state index contributed by atoms with van der Waals surface area (Å²) >= 11 is 0. The van der Waals surface area contributed by atoms with Crippen LogP contribution in [0, 0.1) is 12.7 Å². The van der Waals surface area contributed by atoms with E-state index in [4.69, 9.17) is 10.5 Å². The summed E-state index contributed by atoms with van der Waals surface area (Å²) in [6.45, 7) is 3.53. The van der Waals surface area contributed by atoms with E-state index in [1.807, 2.05) is 6.92 Å². The Kier molecular flexibility index (Phi) is 4.62. The average molecular weight is 377 g/mol. The van der Waals surface area contributed by atoms with Crippen LogP contribution in [0.25, 0.3) is 0 Å². The molecule has 2 aromatic rings. The first kappa shape index (κ1) is 18.5. The van der Waals surface area contributed by atoms with Crippen molar-refractivity contribution in [2.24, 2.45) is 5.73 Å². The van der Waals surface area contributed by atoms with E-state index in [2.05, 4.69) is 0 Å². The molecule has 138 valence electrons. The van der Waals surface area contributed by atoms with E-state index in [-0.39, 0.29) is 11.5 Å². The summed E-state index contributed by atoms with van der Waals surface area (Å²) in [5.41, 5.74) is 5.75. The highest BCUT2D eigenvalue weighted by atomic mass is 32.2. The smallest absolute Gasteiger partial charge is 0.328 e. The fourth-order valence-electron chi connectivity index (χ4n) is 3.33. The number of carbonyl (C=O) groups is 1. The minimum absolute atomic E-state index is 0.0744. The Morgan fingerprint density at radius 3 is 2.46 bits per heavy atom. The molecule has 26 heavy (non-hydrogen) atoms. The third-order valence-electron chi connectivity index (χ3n) is 4.70. The molecule has 0 radical (unpaired) electrons. The number of benzene rings is 2. The lowest BCUT2D eigenvalue weighted by atomic mass is 10.1. The van der Waals surface area contributed by atoms with Crippen LogP contribution in [0.2, 0.25) is 0 Å². The maximum absolute atomic E-state index is 13.6. The van der Waals surface area contributed by atoms with Crippen LogP contribution in [0.4, 0.5) is 4.39 Å². The highest BCUT2D eigenvalue weighted by molar-refractivity contribution is 7.92. The molecule has 0 aromatic heterocycles. The molecule has 2 aromatic carbocycles. The molecule has 0 heterocycles. The van der Waals surface area contributed by atoms with Gasteiger partial charge in [0, 0.05) is 5.92 Å². The largest absolute Gasteiger partial charge is 0.465 e. The van der Waals surface area contributed by atoms with E-state index in [0.717, 1.165) is 5.56 Å². The van der Waals surface area contributed by atoms with Gasteiger partial charge in [-0.2, -0.15) is 0 Å². The van der Waals surface area contributed by atoms with Crippen LogP contribution >= 0.6 is 0 Å². The Hall–Kier alpha value is -2.25. The predicted molar refractivity (Wildman–Crippen MR) is 94.8 cm³/mol. The molecule has 3 rings (SSSR count). The van der Waals surface area contributed by atoms with Gasteiger partial charge in [-0.3, -0.25) is 0 Å². The van der Waals surface area contributed by atoms with Crippen molar-refractivity contribution in [1.82, 2.24) is 0 Å². The summed E-state index contributed by atoms with van der Waals surface area (Å²) in [5, 5.41) is -1.21. The van der Waals surface area contributed by atoms with Gasteiger partial charge in [0.1, 0.15) is 16.6 Å². The fraction of sp³-hybridized carbons (Fsp3) is 0.316. The number of aryl methyl sites for hydroxylation is 1. The highest BCUT2D eigenvalue weighted by Crippen LogP contribution is 2.56. The maximum atomic E-state index is 13.6. The molecular formula is C19H20FNO4S. The summed E-state index contributed by atoms with van der Waals surface area (Å²) in [5.74, 6) is -2.19. The number of nitrogens with two attached hydrogens (primary N) is 1. The monoisotopic (exact) mass is 377 g/mol. The Labute approximate surface area is 151 Å².